The molecule has 0 heterocycles. The monoisotopic (exact) mass is 274 g/mol. The van der Waals surface area contributed by atoms with Crippen molar-refractivity contribution in [3.05, 3.63) is 33.8 Å². The second-order valence-electron chi connectivity index (χ2n) is 3.38. The first-order chi connectivity index (χ1) is 7.99. The Balaban J connectivity index is 2.44. The predicted octanol–water partition coefficient (Wildman–Crippen LogP) is 1.14. The molecule has 0 fully saturated rings. The predicted molar refractivity (Wildman–Crippen MR) is 62.5 cm³/mol. The Morgan fingerprint density at radius 1 is 1.24 bits per heavy atom. The maximum Gasteiger partial charge on any atom is 0.220 e. The molecule has 0 aliphatic carbocycles. The number of hydrogen-bond acceptors (Lipinski definition) is 3. The highest BCUT2D eigenvalue weighted by Gasteiger charge is 2.04. The minimum Gasteiger partial charge on any atom is -0.550 e. The van der Waals surface area contributed by atoms with E-state index in [-0.39, 0.29) is 25.3 Å². The van der Waals surface area contributed by atoms with E-state index in [0.717, 1.165) is 5.56 Å². The fraction of sp³-hybridized carbons (Fsp3) is 0.273. The van der Waals surface area contributed by atoms with E-state index in [1.165, 1.54) is 0 Å². The summed E-state index contributed by atoms with van der Waals surface area (Å²) >= 11 is 11.6. The van der Waals surface area contributed by atoms with Crippen molar-refractivity contribution in [2.45, 2.75) is 19.4 Å². The van der Waals surface area contributed by atoms with Gasteiger partial charge in [0.15, 0.2) is 0 Å². The molecule has 4 nitrogen and oxygen atoms in total. The standard InChI is InChI=1S/C11H11Cl2NO3/c12-8-2-1-7(9(13)5-8)6-14-10(15)3-4-11(16)17/h1-2,5H,3-4,6H2,(H,14,15)(H,16,17)/p-1. The molecule has 0 saturated carbocycles. The molecule has 1 rings (SSSR count). The smallest absolute Gasteiger partial charge is 0.220 e. The van der Waals surface area contributed by atoms with Crippen molar-refractivity contribution in [1.29, 1.82) is 0 Å². The second kappa shape index (κ2) is 6.47. The summed E-state index contributed by atoms with van der Waals surface area (Å²) < 4.78 is 0. The Kier molecular flexibility index (Phi) is 5.25. The first kappa shape index (κ1) is 13.8. The van der Waals surface area contributed by atoms with E-state index in [1.54, 1.807) is 18.2 Å². The zero-order valence-electron chi connectivity index (χ0n) is 8.83. The highest BCUT2D eigenvalue weighted by molar-refractivity contribution is 6.35. The van der Waals surface area contributed by atoms with Crippen LogP contribution in [0.5, 0.6) is 0 Å². The first-order valence-corrected chi connectivity index (χ1v) is 5.65. The molecule has 1 N–H and O–H groups in total. The van der Waals surface area contributed by atoms with Crippen molar-refractivity contribution in [3.8, 4) is 0 Å². The quantitative estimate of drug-likeness (QED) is 0.876. The summed E-state index contributed by atoms with van der Waals surface area (Å²) in [6.07, 6.45) is -0.395. The Bertz CT molecular complexity index is 435. The molecule has 17 heavy (non-hydrogen) atoms. The maximum atomic E-state index is 11.2. The molecule has 92 valence electrons. The lowest BCUT2D eigenvalue weighted by Gasteiger charge is -2.07. The van der Waals surface area contributed by atoms with E-state index in [4.69, 9.17) is 23.2 Å². The van der Waals surface area contributed by atoms with Gasteiger partial charge in [0.05, 0.1) is 0 Å². The third-order valence-corrected chi connectivity index (χ3v) is 2.63. The number of carbonyl (C=O) groups excluding carboxylic acids is 2. The lowest BCUT2D eigenvalue weighted by Crippen LogP contribution is -2.27. The lowest BCUT2D eigenvalue weighted by molar-refractivity contribution is -0.305. The molecule has 0 saturated heterocycles. The van der Waals surface area contributed by atoms with Crippen LogP contribution in [0.15, 0.2) is 18.2 Å². The minimum atomic E-state index is -1.25. The van der Waals surface area contributed by atoms with Crippen LogP contribution in [0.2, 0.25) is 10.0 Å². The summed E-state index contributed by atoms with van der Waals surface area (Å²) in [5.74, 6) is -1.61. The molecule has 1 aromatic carbocycles. The van der Waals surface area contributed by atoms with Crippen molar-refractivity contribution in [1.82, 2.24) is 5.32 Å². The fourth-order valence-corrected chi connectivity index (χ4v) is 1.64. The number of amides is 1. The number of nitrogens with one attached hydrogen (secondary N) is 1. The SMILES string of the molecule is O=C([O-])CCC(=O)NCc1ccc(Cl)cc1Cl. The van der Waals surface area contributed by atoms with Crippen molar-refractivity contribution >= 4 is 35.1 Å². The van der Waals surface area contributed by atoms with Gasteiger partial charge in [0.25, 0.3) is 0 Å². The van der Waals surface area contributed by atoms with Gasteiger partial charge in [0.1, 0.15) is 0 Å². The van der Waals surface area contributed by atoms with E-state index in [1.807, 2.05) is 0 Å². The average molecular weight is 275 g/mol. The van der Waals surface area contributed by atoms with Crippen molar-refractivity contribution < 1.29 is 14.7 Å². The molecule has 0 radical (unpaired) electrons. The van der Waals surface area contributed by atoms with Crippen LogP contribution in [-0.4, -0.2) is 11.9 Å². The van der Waals surface area contributed by atoms with Crippen LogP contribution >= 0.6 is 23.2 Å². The second-order valence-corrected chi connectivity index (χ2v) is 4.23. The van der Waals surface area contributed by atoms with Crippen LogP contribution in [0.25, 0.3) is 0 Å². The van der Waals surface area contributed by atoms with Gasteiger partial charge in [-0.3, -0.25) is 4.79 Å². The van der Waals surface area contributed by atoms with E-state index in [9.17, 15) is 14.7 Å². The van der Waals surface area contributed by atoms with E-state index in [2.05, 4.69) is 5.32 Å². The van der Waals surface area contributed by atoms with Gasteiger partial charge in [-0.1, -0.05) is 29.3 Å². The van der Waals surface area contributed by atoms with Gasteiger partial charge in [-0.15, -0.1) is 0 Å². The Morgan fingerprint density at radius 2 is 1.94 bits per heavy atom. The number of carboxylic acids is 1. The number of benzene rings is 1. The Labute approximate surface area is 109 Å². The molecule has 0 aromatic heterocycles. The average Bonchev–Trinajstić information content (AvgIpc) is 2.25. The van der Waals surface area contributed by atoms with Gasteiger partial charge in [-0.25, -0.2) is 0 Å². The number of carboxylic acid groups (broad SMARTS) is 1. The molecule has 0 unspecified atom stereocenters. The molecular formula is C11H10Cl2NO3-. The highest BCUT2D eigenvalue weighted by atomic mass is 35.5. The van der Waals surface area contributed by atoms with Crippen molar-refractivity contribution in [3.63, 3.8) is 0 Å². The number of aliphatic carboxylic acids is 1. The first-order valence-electron chi connectivity index (χ1n) is 4.89. The van der Waals surface area contributed by atoms with Crippen LogP contribution in [-0.2, 0) is 16.1 Å². The van der Waals surface area contributed by atoms with Gasteiger partial charge in [0, 0.05) is 29.0 Å². The minimum absolute atomic E-state index is 0.104. The largest absolute Gasteiger partial charge is 0.550 e. The summed E-state index contributed by atoms with van der Waals surface area (Å²) in [5.41, 5.74) is 0.720. The van der Waals surface area contributed by atoms with Crippen LogP contribution in [0.4, 0.5) is 0 Å². The van der Waals surface area contributed by atoms with Gasteiger partial charge in [-0.05, 0) is 24.1 Å². The molecular weight excluding hydrogens is 265 g/mol. The van der Waals surface area contributed by atoms with Gasteiger partial charge in [-0.2, -0.15) is 0 Å². The molecule has 0 bridgehead atoms. The van der Waals surface area contributed by atoms with Crippen LogP contribution in [0.1, 0.15) is 18.4 Å². The van der Waals surface area contributed by atoms with Gasteiger partial charge < -0.3 is 15.2 Å². The Morgan fingerprint density at radius 3 is 2.53 bits per heavy atom. The van der Waals surface area contributed by atoms with Crippen molar-refractivity contribution in [2.24, 2.45) is 0 Å². The number of hydrogen-bond donors (Lipinski definition) is 1. The summed E-state index contributed by atoms with van der Waals surface area (Å²) in [6.45, 7) is 0.238. The third-order valence-electron chi connectivity index (χ3n) is 2.05. The number of rotatable bonds is 5. The molecule has 1 amide bonds. The van der Waals surface area contributed by atoms with E-state index < -0.39 is 5.97 Å². The molecule has 0 atom stereocenters. The van der Waals surface area contributed by atoms with Crippen LogP contribution < -0.4 is 10.4 Å². The fourth-order valence-electron chi connectivity index (χ4n) is 1.16. The van der Waals surface area contributed by atoms with Crippen molar-refractivity contribution in [2.75, 3.05) is 0 Å². The van der Waals surface area contributed by atoms with E-state index >= 15 is 0 Å². The molecule has 0 aliphatic heterocycles. The maximum absolute atomic E-state index is 11.2. The molecule has 0 spiro atoms. The zero-order chi connectivity index (χ0) is 12.8. The summed E-state index contributed by atoms with van der Waals surface area (Å²) in [6, 6.07) is 4.94. The number of halogens is 2. The molecule has 6 heteroatoms. The lowest BCUT2D eigenvalue weighted by atomic mass is 10.2. The van der Waals surface area contributed by atoms with Crippen LogP contribution in [0, 0.1) is 0 Å². The third kappa shape index (κ3) is 5.06. The highest BCUT2D eigenvalue weighted by Crippen LogP contribution is 2.20. The van der Waals surface area contributed by atoms with Crippen LogP contribution in [0.3, 0.4) is 0 Å². The number of carbonyl (C=O) groups is 2. The Hall–Kier alpha value is -1.26. The van der Waals surface area contributed by atoms with Gasteiger partial charge >= 0.3 is 0 Å². The summed E-state index contributed by atoms with van der Waals surface area (Å²) in [7, 11) is 0. The topological polar surface area (TPSA) is 69.2 Å². The normalized spacial score (nSPS) is 10.0. The summed E-state index contributed by atoms with van der Waals surface area (Å²) in [5, 5.41) is 13.7. The van der Waals surface area contributed by atoms with E-state index in [0.29, 0.717) is 10.0 Å². The molecule has 1 aromatic rings. The van der Waals surface area contributed by atoms with Gasteiger partial charge in [0.2, 0.25) is 5.91 Å². The zero-order valence-corrected chi connectivity index (χ0v) is 10.3. The molecule has 0 aliphatic rings. The summed E-state index contributed by atoms with van der Waals surface area (Å²) in [4.78, 5) is 21.4.